The standard InChI is InChI=1S/C18H13Cl4N3OS/c1-8-14(17(26)24-13-4-2-3-11(20)15(13)22)16(25-18(27)23-8)10-6-5-9(19)7-12(10)21/h2-7,16H,1H3,(H,24,26)(H2,23,25,27). The monoisotopic (exact) mass is 459 g/mol. The molecule has 1 heterocycles. The van der Waals surface area contributed by atoms with Crippen LogP contribution in [0.25, 0.3) is 0 Å². The molecule has 0 fully saturated rings. The highest BCUT2D eigenvalue weighted by atomic mass is 35.5. The van der Waals surface area contributed by atoms with Crippen LogP contribution in [-0.4, -0.2) is 11.0 Å². The maximum Gasteiger partial charge on any atom is 0.255 e. The SMILES string of the molecule is CC1=C(C(=O)Nc2cccc(Cl)c2Cl)C(c2ccc(Cl)cc2Cl)NC(=S)N1. The van der Waals surface area contributed by atoms with Crippen molar-refractivity contribution in [2.24, 2.45) is 0 Å². The first-order chi connectivity index (χ1) is 12.8. The largest absolute Gasteiger partial charge is 0.351 e. The average molecular weight is 461 g/mol. The Morgan fingerprint density at radius 1 is 1.11 bits per heavy atom. The molecule has 0 saturated carbocycles. The molecule has 0 saturated heterocycles. The second kappa shape index (κ2) is 8.25. The number of carbonyl (C=O) groups is 1. The van der Waals surface area contributed by atoms with Crippen molar-refractivity contribution < 1.29 is 4.79 Å². The number of carbonyl (C=O) groups excluding carboxylic acids is 1. The van der Waals surface area contributed by atoms with Crippen LogP contribution in [0.2, 0.25) is 20.1 Å². The number of halogens is 4. The molecule has 4 nitrogen and oxygen atoms in total. The maximum absolute atomic E-state index is 13.0. The van der Waals surface area contributed by atoms with E-state index in [9.17, 15) is 4.79 Å². The number of thiocarbonyl (C=S) groups is 1. The molecule has 1 amide bonds. The van der Waals surface area contributed by atoms with Gasteiger partial charge in [-0.05, 0) is 49.0 Å². The molecule has 2 aromatic carbocycles. The van der Waals surface area contributed by atoms with Crippen LogP contribution in [0.1, 0.15) is 18.5 Å². The molecule has 1 aliphatic heterocycles. The molecule has 1 unspecified atom stereocenters. The molecule has 3 rings (SSSR count). The minimum Gasteiger partial charge on any atom is -0.351 e. The van der Waals surface area contributed by atoms with Gasteiger partial charge < -0.3 is 16.0 Å². The van der Waals surface area contributed by atoms with E-state index >= 15 is 0 Å². The summed E-state index contributed by atoms with van der Waals surface area (Å²) in [6.07, 6.45) is 0. The molecule has 1 atom stereocenters. The van der Waals surface area contributed by atoms with Gasteiger partial charge in [-0.3, -0.25) is 4.79 Å². The fourth-order valence-electron chi connectivity index (χ4n) is 2.75. The predicted molar refractivity (Wildman–Crippen MR) is 116 cm³/mol. The van der Waals surface area contributed by atoms with Gasteiger partial charge in [-0.2, -0.15) is 0 Å². The molecule has 2 aromatic rings. The number of anilines is 1. The van der Waals surface area contributed by atoms with E-state index in [0.717, 1.165) is 0 Å². The summed E-state index contributed by atoms with van der Waals surface area (Å²) in [5, 5.41) is 10.8. The Labute approximate surface area is 181 Å². The molecular formula is C18H13Cl4N3OS. The van der Waals surface area contributed by atoms with Crippen LogP contribution in [-0.2, 0) is 4.79 Å². The first-order valence-electron chi connectivity index (χ1n) is 7.76. The third-order valence-electron chi connectivity index (χ3n) is 3.99. The lowest BCUT2D eigenvalue weighted by molar-refractivity contribution is -0.113. The third kappa shape index (κ3) is 4.33. The lowest BCUT2D eigenvalue weighted by Crippen LogP contribution is -2.45. The third-order valence-corrected chi connectivity index (χ3v) is 5.59. The smallest absolute Gasteiger partial charge is 0.255 e. The lowest BCUT2D eigenvalue weighted by Gasteiger charge is -2.31. The number of hydrogen-bond donors (Lipinski definition) is 3. The molecular weight excluding hydrogens is 448 g/mol. The molecule has 3 N–H and O–H groups in total. The number of allylic oxidation sites excluding steroid dienone is 1. The van der Waals surface area contributed by atoms with Crippen LogP contribution in [0.4, 0.5) is 5.69 Å². The Morgan fingerprint density at radius 3 is 2.56 bits per heavy atom. The van der Waals surface area contributed by atoms with E-state index in [0.29, 0.717) is 42.7 Å². The summed E-state index contributed by atoms with van der Waals surface area (Å²) < 4.78 is 0. The Morgan fingerprint density at radius 2 is 1.85 bits per heavy atom. The molecule has 0 aromatic heterocycles. The van der Waals surface area contributed by atoms with E-state index in [1.165, 1.54) is 0 Å². The second-order valence-corrected chi connectivity index (χ2v) is 7.83. The first kappa shape index (κ1) is 20.2. The summed E-state index contributed by atoms with van der Waals surface area (Å²) in [6, 6.07) is 9.52. The molecule has 0 spiro atoms. The Bertz CT molecular complexity index is 977. The van der Waals surface area contributed by atoms with Crippen molar-refractivity contribution in [3.63, 3.8) is 0 Å². The van der Waals surface area contributed by atoms with Crippen molar-refractivity contribution in [3.05, 3.63) is 73.3 Å². The average Bonchev–Trinajstić information content (AvgIpc) is 2.58. The fraction of sp³-hybridized carbons (Fsp3) is 0.111. The molecule has 140 valence electrons. The van der Waals surface area contributed by atoms with Crippen molar-refractivity contribution in [3.8, 4) is 0 Å². The van der Waals surface area contributed by atoms with Crippen LogP contribution >= 0.6 is 58.6 Å². The van der Waals surface area contributed by atoms with Crippen molar-refractivity contribution in [1.82, 2.24) is 10.6 Å². The number of hydrogen-bond acceptors (Lipinski definition) is 2. The van der Waals surface area contributed by atoms with Crippen molar-refractivity contribution in [2.45, 2.75) is 13.0 Å². The number of amides is 1. The van der Waals surface area contributed by atoms with Gasteiger partial charge in [0.25, 0.3) is 5.91 Å². The highest BCUT2D eigenvalue weighted by Gasteiger charge is 2.31. The van der Waals surface area contributed by atoms with Crippen LogP contribution in [0.5, 0.6) is 0 Å². The summed E-state index contributed by atoms with van der Waals surface area (Å²) in [5.41, 5.74) is 2.10. The van der Waals surface area contributed by atoms with Crippen molar-refractivity contribution >= 4 is 75.3 Å². The van der Waals surface area contributed by atoms with Gasteiger partial charge in [-0.1, -0.05) is 58.5 Å². The van der Waals surface area contributed by atoms with Gasteiger partial charge in [-0.25, -0.2) is 0 Å². The zero-order valence-electron chi connectivity index (χ0n) is 13.9. The number of rotatable bonds is 3. The van der Waals surface area contributed by atoms with E-state index in [4.69, 9.17) is 58.6 Å². The molecule has 0 bridgehead atoms. The topological polar surface area (TPSA) is 53.2 Å². The second-order valence-electron chi connectivity index (χ2n) is 5.79. The van der Waals surface area contributed by atoms with E-state index in [2.05, 4.69) is 16.0 Å². The summed E-state index contributed by atoms with van der Waals surface area (Å²) in [6.45, 7) is 1.76. The Balaban J connectivity index is 2.01. The Hall–Kier alpha value is -1.50. The zero-order chi connectivity index (χ0) is 19.7. The minimum absolute atomic E-state index is 0.263. The summed E-state index contributed by atoms with van der Waals surface area (Å²) >= 11 is 29.8. The fourth-order valence-corrected chi connectivity index (χ4v) is 3.89. The molecule has 27 heavy (non-hydrogen) atoms. The van der Waals surface area contributed by atoms with E-state index in [-0.39, 0.29) is 10.9 Å². The predicted octanol–water partition coefficient (Wildman–Crippen LogP) is 5.73. The number of nitrogens with one attached hydrogen (secondary N) is 3. The summed E-state index contributed by atoms with van der Waals surface area (Å²) in [5.74, 6) is -0.366. The lowest BCUT2D eigenvalue weighted by atomic mass is 9.95. The van der Waals surface area contributed by atoms with Crippen molar-refractivity contribution in [2.75, 3.05) is 5.32 Å². The van der Waals surface area contributed by atoms with E-state index in [1.54, 1.807) is 43.3 Å². The highest BCUT2D eigenvalue weighted by molar-refractivity contribution is 7.80. The van der Waals surface area contributed by atoms with Gasteiger partial charge in [-0.15, -0.1) is 0 Å². The van der Waals surface area contributed by atoms with E-state index < -0.39 is 6.04 Å². The zero-order valence-corrected chi connectivity index (χ0v) is 17.7. The van der Waals surface area contributed by atoms with Crippen LogP contribution in [0.3, 0.4) is 0 Å². The quantitative estimate of drug-likeness (QED) is 0.511. The molecule has 0 aliphatic carbocycles. The van der Waals surface area contributed by atoms with Gasteiger partial charge in [0, 0.05) is 15.7 Å². The van der Waals surface area contributed by atoms with Crippen LogP contribution in [0, 0.1) is 0 Å². The van der Waals surface area contributed by atoms with Gasteiger partial charge in [0.15, 0.2) is 5.11 Å². The molecule has 0 radical (unpaired) electrons. The maximum atomic E-state index is 13.0. The highest BCUT2D eigenvalue weighted by Crippen LogP contribution is 2.35. The summed E-state index contributed by atoms with van der Waals surface area (Å²) in [7, 11) is 0. The van der Waals surface area contributed by atoms with Gasteiger partial charge in [0.2, 0.25) is 0 Å². The van der Waals surface area contributed by atoms with Crippen LogP contribution < -0.4 is 16.0 Å². The first-order valence-corrected chi connectivity index (χ1v) is 9.68. The number of benzene rings is 2. The van der Waals surface area contributed by atoms with Gasteiger partial charge in [0.1, 0.15) is 0 Å². The Kier molecular flexibility index (Phi) is 6.18. The summed E-state index contributed by atoms with van der Waals surface area (Å²) in [4.78, 5) is 13.0. The molecule has 9 heteroatoms. The minimum atomic E-state index is -0.554. The normalized spacial score (nSPS) is 16.6. The van der Waals surface area contributed by atoms with Crippen LogP contribution in [0.15, 0.2) is 47.7 Å². The van der Waals surface area contributed by atoms with E-state index in [1.807, 2.05) is 0 Å². The molecule has 1 aliphatic rings. The van der Waals surface area contributed by atoms with Gasteiger partial charge >= 0.3 is 0 Å². The van der Waals surface area contributed by atoms with Gasteiger partial charge in [0.05, 0.1) is 27.3 Å². The van der Waals surface area contributed by atoms with Crippen molar-refractivity contribution in [1.29, 1.82) is 0 Å².